The largest absolute Gasteiger partial charge is 0.485 e. The molecule has 0 spiro atoms. The van der Waals surface area contributed by atoms with Crippen molar-refractivity contribution in [3.63, 3.8) is 0 Å². The molecule has 25 heavy (non-hydrogen) atoms. The third kappa shape index (κ3) is 3.85. The molecule has 0 unspecified atom stereocenters. The molecule has 3 aliphatic rings. The topological polar surface area (TPSA) is 48.9 Å². The van der Waals surface area contributed by atoms with E-state index in [2.05, 4.69) is 9.88 Å². The molecule has 1 aromatic heterocycles. The lowest BCUT2D eigenvalue weighted by atomic mass is 9.91. The second-order valence-electron chi connectivity index (χ2n) is 7.23. The average Bonchev–Trinajstić information content (AvgIpc) is 2.74. The van der Waals surface area contributed by atoms with E-state index in [1.54, 1.807) is 18.5 Å². The number of rotatable bonds is 3. The Morgan fingerprint density at radius 2 is 1.92 bits per heavy atom. The first-order valence-corrected chi connectivity index (χ1v) is 9.62. The maximum Gasteiger partial charge on any atom is 0.320 e. The van der Waals surface area contributed by atoms with E-state index in [0.29, 0.717) is 23.9 Å². The number of urea groups is 1. The molecule has 1 aliphatic carbocycles. The Kier molecular flexibility index (Phi) is 4.99. The van der Waals surface area contributed by atoms with Gasteiger partial charge < -0.3 is 14.5 Å². The van der Waals surface area contributed by atoms with Crippen LogP contribution in [0.3, 0.4) is 0 Å². The second-order valence-corrected chi connectivity index (χ2v) is 7.66. The van der Waals surface area contributed by atoms with Crippen molar-refractivity contribution < 1.29 is 9.53 Å². The molecule has 2 amide bonds. The van der Waals surface area contributed by atoms with E-state index in [0.717, 1.165) is 38.6 Å². The molecule has 1 saturated carbocycles. The summed E-state index contributed by atoms with van der Waals surface area (Å²) in [4.78, 5) is 23.2. The number of ether oxygens (including phenoxy) is 1. The first kappa shape index (κ1) is 16.9. The van der Waals surface area contributed by atoms with Crippen LogP contribution in [0.5, 0.6) is 5.75 Å². The summed E-state index contributed by atoms with van der Waals surface area (Å²) in [5.41, 5.74) is 0. The van der Waals surface area contributed by atoms with E-state index < -0.39 is 0 Å². The van der Waals surface area contributed by atoms with Gasteiger partial charge in [-0.05, 0) is 19.3 Å². The van der Waals surface area contributed by atoms with Crippen molar-refractivity contribution in [2.45, 2.75) is 37.8 Å². The van der Waals surface area contributed by atoms with Gasteiger partial charge in [-0.2, -0.15) is 0 Å². The number of likely N-dealkylation sites (tertiary alicyclic amines) is 1. The normalized spacial score (nSPS) is 22.9. The molecule has 0 aromatic carbocycles. The summed E-state index contributed by atoms with van der Waals surface area (Å²) < 4.78 is 5.83. The van der Waals surface area contributed by atoms with Crippen molar-refractivity contribution in [3.8, 4) is 5.75 Å². The molecular weight excluding hydrogens is 340 g/mol. The fourth-order valence-corrected chi connectivity index (χ4v) is 3.93. The lowest BCUT2D eigenvalue weighted by Gasteiger charge is -2.41. The van der Waals surface area contributed by atoms with Crippen LogP contribution >= 0.6 is 11.6 Å². The van der Waals surface area contributed by atoms with Gasteiger partial charge in [0.2, 0.25) is 0 Å². The Morgan fingerprint density at radius 3 is 2.64 bits per heavy atom. The first-order chi connectivity index (χ1) is 12.2. The van der Waals surface area contributed by atoms with Crippen molar-refractivity contribution in [3.05, 3.63) is 23.5 Å². The maximum absolute atomic E-state index is 12.7. The summed E-state index contributed by atoms with van der Waals surface area (Å²) in [6.07, 6.45) is 8.36. The van der Waals surface area contributed by atoms with Gasteiger partial charge in [0.05, 0.1) is 24.3 Å². The minimum absolute atomic E-state index is 0.0302. The zero-order valence-electron chi connectivity index (χ0n) is 14.4. The zero-order chi connectivity index (χ0) is 17.2. The van der Waals surface area contributed by atoms with Gasteiger partial charge in [-0.25, -0.2) is 4.79 Å². The van der Waals surface area contributed by atoms with E-state index in [-0.39, 0.29) is 12.1 Å². The standard InChI is InChI=1S/C18H25ClN4O2/c19-14-9-16(11-20-10-14)25-17-12-23(13-17)18(24)22-6-2-5-21(7-8-22)15-3-1-4-15/h9-11,15,17H,1-8,12-13H2. The van der Waals surface area contributed by atoms with Crippen LogP contribution in [0.15, 0.2) is 18.5 Å². The molecule has 6 nitrogen and oxygen atoms in total. The van der Waals surface area contributed by atoms with Crippen molar-refractivity contribution in [1.29, 1.82) is 0 Å². The van der Waals surface area contributed by atoms with Gasteiger partial charge in [-0.15, -0.1) is 0 Å². The van der Waals surface area contributed by atoms with E-state index >= 15 is 0 Å². The van der Waals surface area contributed by atoms with Crippen LogP contribution < -0.4 is 4.74 Å². The van der Waals surface area contributed by atoms with E-state index in [1.807, 2.05) is 9.80 Å². The van der Waals surface area contributed by atoms with E-state index in [4.69, 9.17) is 16.3 Å². The summed E-state index contributed by atoms with van der Waals surface area (Å²) >= 11 is 5.92. The number of pyridine rings is 1. The van der Waals surface area contributed by atoms with E-state index in [9.17, 15) is 4.79 Å². The number of aromatic nitrogens is 1. The van der Waals surface area contributed by atoms with Gasteiger partial charge in [0.15, 0.2) is 0 Å². The minimum Gasteiger partial charge on any atom is -0.485 e. The SMILES string of the molecule is O=C(N1CCCN(C2CCC2)CC1)N1CC(Oc2cncc(Cl)c2)C1. The Bertz CT molecular complexity index is 619. The van der Waals surface area contributed by atoms with Crippen LogP contribution in [-0.4, -0.2) is 77.1 Å². The maximum atomic E-state index is 12.7. The van der Waals surface area contributed by atoms with Crippen molar-refractivity contribution in [2.24, 2.45) is 0 Å². The first-order valence-electron chi connectivity index (χ1n) is 9.24. The Hall–Kier alpha value is -1.53. The van der Waals surface area contributed by atoms with Gasteiger partial charge in [0.1, 0.15) is 11.9 Å². The van der Waals surface area contributed by atoms with Crippen LogP contribution in [0.4, 0.5) is 4.79 Å². The highest BCUT2D eigenvalue weighted by Crippen LogP contribution is 2.26. The third-order valence-corrected chi connectivity index (χ3v) is 5.70. The summed E-state index contributed by atoms with van der Waals surface area (Å²) in [5.74, 6) is 0.663. The lowest BCUT2D eigenvalue weighted by Crippen LogP contribution is -2.60. The van der Waals surface area contributed by atoms with Gasteiger partial charge >= 0.3 is 6.03 Å². The Labute approximate surface area is 153 Å². The molecule has 3 fully saturated rings. The number of hydrogen-bond acceptors (Lipinski definition) is 4. The fraction of sp³-hybridized carbons (Fsp3) is 0.667. The summed E-state index contributed by atoms with van der Waals surface area (Å²) in [7, 11) is 0. The second kappa shape index (κ2) is 7.38. The molecule has 0 atom stereocenters. The monoisotopic (exact) mass is 364 g/mol. The number of halogens is 1. The fourth-order valence-electron chi connectivity index (χ4n) is 3.76. The highest BCUT2D eigenvalue weighted by molar-refractivity contribution is 6.30. The van der Waals surface area contributed by atoms with Crippen LogP contribution in [-0.2, 0) is 0 Å². The highest BCUT2D eigenvalue weighted by Gasteiger charge is 2.36. The molecule has 7 heteroatoms. The van der Waals surface area contributed by atoms with Crippen molar-refractivity contribution in [2.75, 3.05) is 39.3 Å². The summed E-state index contributed by atoms with van der Waals surface area (Å²) in [6.45, 7) is 5.11. The number of carbonyl (C=O) groups excluding carboxylic acids is 1. The molecule has 0 radical (unpaired) electrons. The van der Waals surface area contributed by atoms with Crippen LogP contribution in [0.1, 0.15) is 25.7 Å². The highest BCUT2D eigenvalue weighted by atomic mass is 35.5. The quantitative estimate of drug-likeness (QED) is 0.826. The summed E-state index contributed by atoms with van der Waals surface area (Å²) in [5, 5.41) is 0.560. The molecule has 4 rings (SSSR count). The summed E-state index contributed by atoms with van der Waals surface area (Å²) in [6, 6.07) is 2.67. The van der Waals surface area contributed by atoms with Crippen LogP contribution in [0, 0.1) is 0 Å². The molecule has 0 N–H and O–H groups in total. The molecule has 2 saturated heterocycles. The van der Waals surface area contributed by atoms with Crippen LogP contribution in [0.2, 0.25) is 5.02 Å². The minimum atomic E-state index is 0.0302. The predicted octanol–water partition coefficient (Wildman–Crippen LogP) is 2.48. The molecule has 1 aromatic rings. The van der Waals surface area contributed by atoms with Gasteiger partial charge in [0, 0.05) is 44.5 Å². The Balaban J connectivity index is 1.24. The third-order valence-electron chi connectivity index (χ3n) is 5.49. The smallest absolute Gasteiger partial charge is 0.320 e. The van der Waals surface area contributed by atoms with Crippen molar-refractivity contribution >= 4 is 17.6 Å². The molecule has 0 bridgehead atoms. The number of nitrogens with zero attached hydrogens (tertiary/aromatic N) is 4. The molecular formula is C18H25ClN4O2. The van der Waals surface area contributed by atoms with Crippen molar-refractivity contribution in [1.82, 2.24) is 19.7 Å². The van der Waals surface area contributed by atoms with Gasteiger partial charge in [0.25, 0.3) is 0 Å². The molecule has 2 aliphatic heterocycles. The zero-order valence-corrected chi connectivity index (χ0v) is 15.2. The number of hydrogen-bond donors (Lipinski definition) is 0. The number of amides is 2. The Morgan fingerprint density at radius 1 is 1.08 bits per heavy atom. The van der Waals surface area contributed by atoms with Gasteiger partial charge in [-0.3, -0.25) is 9.88 Å². The number of carbonyl (C=O) groups is 1. The molecule has 3 heterocycles. The predicted molar refractivity (Wildman–Crippen MR) is 96.0 cm³/mol. The average molecular weight is 365 g/mol. The van der Waals surface area contributed by atoms with Crippen LogP contribution in [0.25, 0.3) is 0 Å². The van der Waals surface area contributed by atoms with E-state index in [1.165, 1.54) is 19.3 Å². The lowest BCUT2D eigenvalue weighted by molar-refractivity contribution is 0.0306. The molecule has 136 valence electrons. The van der Waals surface area contributed by atoms with Gasteiger partial charge in [-0.1, -0.05) is 18.0 Å².